The zero-order valence-electron chi connectivity index (χ0n) is 11.7. The molecule has 0 saturated carbocycles. The average molecular weight is 278 g/mol. The Labute approximate surface area is 118 Å². The fraction of sp³-hybridized carbons (Fsp3) is 0.643. The Morgan fingerprint density at radius 3 is 3.10 bits per heavy atom. The summed E-state index contributed by atoms with van der Waals surface area (Å²) in [4.78, 5) is 16.4. The number of nitrogen functional groups attached to an aromatic ring is 1. The van der Waals surface area contributed by atoms with E-state index in [0.717, 1.165) is 31.9 Å². The zero-order chi connectivity index (χ0) is 13.9. The maximum Gasteiger partial charge on any atom is 0.300 e. The molecule has 3 rings (SSSR count). The van der Waals surface area contributed by atoms with Crippen LogP contribution in [0.4, 0.5) is 0 Å². The number of carbonyl (C=O) groups excluding carboxylic acids is 1. The fourth-order valence-corrected chi connectivity index (χ4v) is 3.24. The first kappa shape index (κ1) is 13.6. The van der Waals surface area contributed by atoms with Crippen molar-refractivity contribution in [2.24, 2.45) is 5.84 Å². The SMILES string of the molecule is NNC(=O)c1ccc(CN2CCN3CCCCC3C2)o1. The summed E-state index contributed by atoms with van der Waals surface area (Å²) in [7, 11) is 0. The molecule has 0 aromatic carbocycles. The molecule has 6 heteroatoms. The lowest BCUT2D eigenvalue weighted by atomic mass is 9.99. The van der Waals surface area contributed by atoms with Gasteiger partial charge in [0, 0.05) is 25.7 Å². The van der Waals surface area contributed by atoms with Gasteiger partial charge in [0.2, 0.25) is 0 Å². The van der Waals surface area contributed by atoms with Gasteiger partial charge in [-0.1, -0.05) is 6.42 Å². The van der Waals surface area contributed by atoms with Crippen molar-refractivity contribution in [3.8, 4) is 0 Å². The van der Waals surface area contributed by atoms with Gasteiger partial charge in [0.05, 0.1) is 6.54 Å². The van der Waals surface area contributed by atoms with Crippen LogP contribution in [-0.4, -0.2) is 47.9 Å². The molecule has 0 spiro atoms. The Morgan fingerprint density at radius 1 is 1.35 bits per heavy atom. The van der Waals surface area contributed by atoms with Gasteiger partial charge in [-0.3, -0.25) is 20.0 Å². The first-order valence-corrected chi connectivity index (χ1v) is 7.32. The van der Waals surface area contributed by atoms with Crippen molar-refractivity contribution in [3.05, 3.63) is 23.7 Å². The highest BCUT2D eigenvalue weighted by Gasteiger charge is 2.29. The van der Waals surface area contributed by atoms with E-state index in [4.69, 9.17) is 10.3 Å². The molecule has 110 valence electrons. The standard InChI is InChI=1S/C14H22N4O2/c15-16-14(19)13-5-4-12(20-13)10-17-7-8-18-6-2-1-3-11(18)9-17/h4-5,11H,1-3,6-10,15H2,(H,16,19). The van der Waals surface area contributed by atoms with E-state index in [9.17, 15) is 4.79 Å². The summed E-state index contributed by atoms with van der Waals surface area (Å²) < 4.78 is 5.53. The number of nitrogens with one attached hydrogen (secondary N) is 1. The molecule has 1 amide bonds. The molecule has 1 atom stereocenters. The first-order chi connectivity index (χ1) is 9.76. The smallest absolute Gasteiger partial charge is 0.300 e. The number of carbonyl (C=O) groups is 1. The summed E-state index contributed by atoms with van der Waals surface area (Å²) >= 11 is 0. The minimum Gasteiger partial charge on any atom is -0.455 e. The van der Waals surface area contributed by atoms with Gasteiger partial charge in [0.1, 0.15) is 5.76 Å². The quantitative estimate of drug-likeness (QED) is 0.480. The van der Waals surface area contributed by atoms with E-state index >= 15 is 0 Å². The molecule has 1 aromatic rings. The van der Waals surface area contributed by atoms with Gasteiger partial charge in [-0.15, -0.1) is 0 Å². The molecule has 2 fully saturated rings. The molecule has 1 unspecified atom stereocenters. The topological polar surface area (TPSA) is 74.7 Å². The molecule has 3 heterocycles. The largest absolute Gasteiger partial charge is 0.455 e. The Hall–Kier alpha value is -1.37. The highest BCUT2D eigenvalue weighted by Crippen LogP contribution is 2.22. The van der Waals surface area contributed by atoms with Gasteiger partial charge in [-0.25, -0.2) is 5.84 Å². The maximum atomic E-state index is 11.4. The highest BCUT2D eigenvalue weighted by molar-refractivity contribution is 5.90. The van der Waals surface area contributed by atoms with Crippen LogP contribution in [0.15, 0.2) is 16.5 Å². The van der Waals surface area contributed by atoms with Gasteiger partial charge in [0.25, 0.3) is 0 Å². The van der Waals surface area contributed by atoms with Gasteiger partial charge in [0.15, 0.2) is 5.76 Å². The fourth-order valence-electron chi connectivity index (χ4n) is 3.24. The molecule has 0 aliphatic carbocycles. The van der Waals surface area contributed by atoms with Crippen LogP contribution in [0.1, 0.15) is 35.6 Å². The van der Waals surface area contributed by atoms with Gasteiger partial charge < -0.3 is 4.42 Å². The summed E-state index contributed by atoms with van der Waals surface area (Å²) in [6, 6.07) is 4.23. The molecule has 2 aliphatic rings. The van der Waals surface area contributed by atoms with Crippen LogP contribution in [0.3, 0.4) is 0 Å². The van der Waals surface area contributed by atoms with E-state index in [2.05, 4.69) is 15.2 Å². The van der Waals surface area contributed by atoms with E-state index in [0.29, 0.717) is 6.04 Å². The summed E-state index contributed by atoms with van der Waals surface area (Å²) in [5, 5.41) is 0. The predicted octanol–water partition coefficient (Wildman–Crippen LogP) is 0.553. The Balaban J connectivity index is 1.58. The van der Waals surface area contributed by atoms with Crippen LogP contribution >= 0.6 is 0 Å². The number of hydrogen-bond acceptors (Lipinski definition) is 5. The third-order valence-electron chi connectivity index (χ3n) is 4.32. The molecular weight excluding hydrogens is 256 g/mol. The second-order valence-electron chi connectivity index (χ2n) is 5.66. The van der Waals surface area contributed by atoms with Crippen molar-refractivity contribution in [1.29, 1.82) is 0 Å². The number of piperidine rings is 1. The van der Waals surface area contributed by atoms with E-state index in [-0.39, 0.29) is 11.7 Å². The minimum absolute atomic E-state index is 0.277. The number of nitrogens with zero attached hydrogens (tertiary/aromatic N) is 2. The molecule has 2 aliphatic heterocycles. The predicted molar refractivity (Wildman–Crippen MR) is 74.9 cm³/mol. The third kappa shape index (κ3) is 2.87. The van der Waals surface area contributed by atoms with Crippen LogP contribution in [0.2, 0.25) is 0 Å². The molecule has 0 radical (unpaired) electrons. The minimum atomic E-state index is -0.381. The lowest BCUT2D eigenvalue weighted by molar-refractivity contribution is 0.0424. The van der Waals surface area contributed by atoms with Crippen LogP contribution in [-0.2, 0) is 6.54 Å². The average Bonchev–Trinajstić information content (AvgIpc) is 2.95. The first-order valence-electron chi connectivity index (χ1n) is 7.32. The van der Waals surface area contributed by atoms with Crippen LogP contribution in [0.25, 0.3) is 0 Å². The molecule has 0 bridgehead atoms. The summed E-state index contributed by atoms with van der Waals surface area (Å²) in [5.41, 5.74) is 2.08. The number of hydrogen-bond donors (Lipinski definition) is 2. The number of piperazine rings is 1. The number of fused-ring (bicyclic) bond motifs is 1. The van der Waals surface area contributed by atoms with E-state index < -0.39 is 0 Å². The summed E-state index contributed by atoms with van der Waals surface area (Å²) in [6.07, 6.45) is 3.98. The lowest BCUT2D eigenvalue weighted by Gasteiger charge is -2.43. The van der Waals surface area contributed by atoms with E-state index in [1.807, 2.05) is 6.07 Å². The van der Waals surface area contributed by atoms with E-state index in [1.54, 1.807) is 6.07 Å². The maximum absolute atomic E-state index is 11.4. The Bertz CT molecular complexity index is 473. The third-order valence-corrected chi connectivity index (χ3v) is 4.32. The second kappa shape index (κ2) is 5.95. The molecule has 1 aromatic heterocycles. The Kier molecular flexibility index (Phi) is 4.05. The second-order valence-corrected chi connectivity index (χ2v) is 5.66. The zero-order valence-corrected chi connectivity index (χ0v) is 11.7. The summed E-state index contributed by atoms with van der Waals surface area (Å²) in [5.74, 6) is 5.82. The number of furan rings is 1. The van der Waals surface area contributed by atoms with Crippen molar-refractivity contribution >= 4 is 5.91 Å². The van der Waals surface area contributed by atoms with Crippen molar-refractivity contribution < 1.29 is 9.21 Å². The van der Waals surface area contributed by atoms with Crippen LogP contribution in [0, 0.1) is 0 Å². The number of amides is 1. The summed E-state index contributed by atoms with van der Waals surface area (Å²) in [6.45, 7) is 5.32. The van der Waals surface area contributed by atoms with Crippen molar-refractivity contribution in [3.63, 3.8) is 0 Å². The number of nitrogens with two attached hydrogens (primary N) is 1. The Morgan fingerprint density at radius 2 is 2.25 bits per heavy atom. The molecule has 2 saturated heterocycles. The van der Waals surface area contributed by atoms with Crippen molar-refractivity contribution in [2.45, 2.75) is 31.8 Å². The molecule has 6 nitrogen and oxygen atoms in total. The van der Waals surface area contributed by atoms with Crippen LogP contribution < -0.4 is 11.3 Å². The van der Waals surface area contributed by atoms with Gasteiger partial charge in [-0.05, 0) is 31.5 Å². The van der Waals surface area contributed by atoms with Gasteiger partial charge in [-0.2, -0.15) is 0 Å². The molecule has 20 heavy (non-hydrogen) atoms. The van der Waals surface area contributed by atoms with E-state index in [1.165, 1.54) is 25.8 Å². The highest BCUT2D eigenvalue weighted by atomic mass is 16.4. The molecular formula is C14H22N4O2. The number of rotatable bonds is 3. The van der Waals surface area contributed by atoms with Crippen molar-refractivity contribution in [1.82, 2.24) is 15.2 Å². The van der Waals surface area contributed by atoms with Gasteiger partial charge >= 0.3 is 5.91 Å². The molecule has 3 N–H and O–H groups in total. The normalized spacial score (nSPS) is 24.4. The monoisotopic (exact) mass is 278 g/mol. The van der Waals surface area contributed by atoms with Crippen LogP contribution in [0.5, 0.6) is 0 Å². The van der Waals surface area contributed by atoms with Crippen molar-refractivity contribution in [2.75, 3.05) is 26.2 Å². The lowest BCUT2D eigenvalue weighted by Crippen LogP contribution is -2.54. The number of hydrazine groups is 1.